The molecule has 5 nitrogen and oxygen atoms in total. The van der Waals surface area contributed by atoms with Crippen molar-refractivity contribution < 1.29 is 53.7 Å². The summed E-state index contributed by atoms with van der Waals surface area (Å²) in [5.74, 6) is 0. The Morgan fingerprint density at radius 2 is 2.23 bits per heavy atom. The van der Waals surface area contributed by atoms with Gasteiger partial charge >= 0.3 is 39.7 Å². The molecule has 0 spiro atoms. The number of rotatable bonds is 6. The summed E-state index contributed by atoms with van der Waals surface area (Å²) >= 11 is 0. The van der Waals surface area contributed by atoms with Crippen LogP contribution in [0, 0.1) is 0 Å². The monoisotopic (exact) mass is 220 g/mol. The van der Waals surface area contributed by atoms with Gasteiger partial charge < -0.3 is 6.53 Å². The number of hydrogen-bond donors (Lipinski definition) is 1. The van der Waals surface area contributed by atoms with Crippen LogP contribution in [0.5, 0.6) is 0 Å². The van der Waals surface area contributed by atoms with Crippen LogP contribution < -0.4 is 29.6 Å². The predicted molar refractivity (Wildman–Crippen MR) is 43.6 cm³/mol. The van der Waals surface area contributed by atoms with Gasteiger partial charge in [0.1, 0.15) is 6.61 Å². The molecule has 0 aliphatic carbocycles. The minimum Gasteiger partial charge on any atom is -1.00 e. The van der Waals surface area contributed by atoms with Gasteiger partial charge in [0.2, 0.25) is 0 Å². The fourth-order valence-electron chi connectivity index (χ4n) is 0.392. The molecule has 0 radical (unpaired) electrons. The molecule has 0 aliphatic heterocycles. The summed E-state index contributed by atoms with van der Waals surface area (Å²) < 4.78 is 25.6. The van der Waals surface area contributed by atoms with E-state index in [2.05, 4.69) is 15.8 Å². The average molecular weight is 220 g/mol. The minimum absolute atomic E-state index is 0. The minimum atomic E-state index is -4.00. The van der Waals surface area contributed by atoms with Crippen molar-refractivity contribution in [2.75, 3.05) is 6.61 Å². The van der Waals surface area contributed by atoms with E-state index in [0.29, 0.717) is 0 Å². The van der Waals surface area contributed by atoms with E-state index >= 15 is 0 Å². The van der Waals surface area contributed by atoms with E-state index in [1.54, 1.807) is 0 Å². The molecule has 0 rings (SSSR count). The molecule has 0 saturated carbocycles. The maximum absolute atomic E-state index is 10.8. The molecule has 0 amide bonds. The summed E-state index contributed by atoms with van der Waals surface area (Å²) in [6, 6.07) is 0. The molecule has 1 unspecified atom stereocenters. The van der Waals surface area contributed by atoms with Gasteiger partial charge in [-0.3, -0.25) is 0 Å². The molecule has 74 valence electrons. The predicted octanol–water partition coefficient (Wildman–Crippen LogP) is -2.70. The van der Waals surface area contributed by atoms with Crippen LogP contribution in [-0.2, 0) is 19.3 Å². The molecule has 0 bridgehead atoms. The van der Waals surface area contributed by atoms with Crippen LogP contribution in [0.1, 0.15) is 14.8 Å². The number of aliphatic hydroxyl groups is 1. The Morgan fingerprint density at radius 1 is 1.69 bits per heavy atom. The fourth-order valence-corrected chi connectivity index (χ4v) is 1.08. The van der Waals surface area contributed by atoms with E-state index in [9.17, 15) is 8.42 Å². The molecule has 0 aliphatic rings. The molecule has 1 atom stereocenters. The van der Waals surface area contributed by atoms with Crippen LogP contribution in [0.4, 0.5) is 0 Å². The largest absolute Gasteiger partial charge is 1.00 e. The van der Waals surface area contributed by atoms with Gasteiger partial charge in [-0.15, -0.1) is 10.9 Å². The summed E-state index contributed by atoms with van der Waals surface area (Å²) in [5.41, 5.74) is -1.54. The smallest absolute Gasteiger partial charge is 1.00 e. The van der Waals surface area contributed by atoms with Crippen LogP contribution in [0.15, 0.2) is 12.7 Å². The molecular weight excluding hydrogens is 207 g/mol. The zero-order chi connectivity index (χ0) is 9.61. The van der Waals surface area contributed by atoms with Crippen molar-refractivity contribution in [1.29, 1.82) is 0 Å². The van der Waals surface area contributed by atoms with E-state index in [-0.39, 0.29) is 44.0 Å². The summed E-state index contributed by atoms with van der Waals surface area (Å²) in [7, 11) is -4.00. The summed E-state index contributed by atoms with van der Waals surface area (Å²) in [6.45, 7) is 4.75. The third-order valence-electron chi connectivity index (χ3n) is 1.01. The van der Waals surface area contributed by atoms with Gasteiger partial charge in [-0.05, 0) is 6.42 Å². The molecule has 0 aromatic heterocycles. The molecule has 0 aromatic carbocycles. The molecule has 13 heavy (non-hydrogen) atoms. The van der Waals surface area contributed by atoms with Gasteiger partial charge in [-0.25, -0.2) is 4.89 Å². The third kappa shape index (κ3) is 6.62. The molecule has 0 fully saturated rings. The van der Waals surface area contributed by atoms with Crippen LogP contribution in [0.25, 0.3) is 0 Å². The van der Waals surface area contributed by atoms with Gasteiger partial charge in [-0.1, -0.05) is 13.0 Å². The molecule has 0 saturated heterocycles. The molecular formula is C6H13NaO5S. The summed E-state index contributed by atoms with van der Waals surface area (Å²) in [6.07, 6.45) is 1.38. The van der Waals surface area contributed by atoms with Crippen molar-refractivity contribution in [2.45, 2.75) is 18.8 Å². The first kappa shape index (κ1) is 16.0. The van der Waals surface area contributed by atoms with Crippen LogP contribution >= 0.6 is 0 Å². The molecule has 1 N–H and O–H groups in total. The quantitative estimate of drug-likeness (QED) is 0.173. The fraction of sp³-hybridized carbons (Fsp3) is 0.667. The van der Waals surface area contributed by atoms with Crippen molar-refractivity contribution in [3.8, 4) is 0 Å². The maximum atomic E-state index is 10.8. The van der Waals surface area contributed by atoms with Gasteiger partial charge in [0.15, 0.2) is 5.44 Å². The first-order valence-electron chi connectivity index (χ1n) is 3.38. The summed E-state index contributed by atoms with van der Waals surface area (Å²) in [4.78, 5) is 4.20. The second kappa shape index (κ2) is 7.93. The molecule has 7 heteroatoms. The Kier molecular flexibility index (Phi) is 9.77. The Bertz CT molecular complexity index is 230. The Labute approximate surface area is 102 Å². The van der Waals surface area contributed by atoms with E-state index in [4.69, 9.17) is 5.11 Å². The van der Waals surface area contributed by atoms with Crippen molar-refractivity contribution in [3.05, 3.63) is 12.7 Å². The van der Waals surface area contributed by atoms with Crippen LogP contribution in [-0.4, -0.2) is 25.6 Å². The first-order chi connectivity index (χ1) is 5.54. The van der Waals surface area contributed by atoms with Gasteiger partial charge in [0, 0.05) is 0 Å². The van der Waals surface area contributed by atoms with E-state index in [1.165, 1.54) is 13.0 Å². The SMILES string of the molecule is C=CCOOS(=O)(=O)C(O)CC.[H-].[Na+]. The average Bonchev–Trinajstić information content (AvgIpc) is 2.03. The standard InChI is InChI=1S/C6H12O5S.Na.H/c1-3-5-10-11-12(8,9)6(7)4-2;;/h3,6-7H,1,4-5H2,2H3;;/q;+1;-1. The Hall–Kier alpha value is 0.570. The normalized spacial score (nSPS) is 13.1. The zero-order valence-electron chi connectivity index (χ0n) is 8.76. The summed E-state index contributed by atoms with van der Waals surface area (Å²) in [5, 5.41) is 8.87. The van der Waals surface area contributed by atoms with Crippen LogP contribution in [0.2, 0.25) is 0 Å². The Balaban J connectivity index is -0.000000605. The van der Waals surface area contributed by atoms with Crippen molar-refractivity contribution >= 4 is 10.1 Å². The van der Waals surface area contributed by atoms with Crippen LogP contribution in [0.3, 0.4) is 0 Å². The van der Waals surface area contributed by atoms with Crippen molar-refractivity contribution in [2.24, 2.45) is 0 Å². The first-order valence-corrected chi connectivity index (χ1v) is 4.85. The maximum Gasteiger partial charge on any atom is 1.00 e. The second-order valence-corrected chi connectivity index (χ2v) is 3.66. The third-order valence-corrected chi connectivity index (χ3v) is 2.30. The number of aliphatic hydroxyl groups excluding tert-OH is 1. The van der Waals surface area contributed by atoms with Crippen molar-refractivity contribution in [3.63, 3.8) is 0 Å². The Morgan fingerprint density at radius 3 is 2.62 bits per heavy atom. The van der Waals surface area contributed by atoms with Gasteiger partial charge in [-0.2, -0.15) is 8.42 Å². The van der Waals surface area contributed by atoms with E-state index in [1.807, 2.05) is 0 Å². The molecule has 0 heterocycles. The zero-order valence-corrected chi connectivity index (χ0v) is 10.6. The van der Waals surface area contributed by atoms with E-state index < -0.39 is 15.6 Å². The second-order valence-electron chi connectivity index (χ2n) is 2.00. The van der Waals surface area contributed by atoms with E-state index in [0.717, 1.165) is 0 Å². The molecule has 0 aromatic rings. The van der Waals surface area contributed by atoms with Gasteiger partial charge in [0.25, 0.3) is 0 Å². The van der Waals surface area contributed by atoms with Crippen molar-refractivity contribution in [1.82, 2.24) is 0 Å². The van der Waals surface area contributed by atoms with Gasteiger partial charge in [0.05, 0.1) is 0 Å². The topological polar surface area (TPSA) is 72.8 Å². The number of hydrogen-bond acceptors (Lipinski definition) is 5.